The minimum absolute atomic E-state index is 0.453. The molecule has 1 aromatic carbocycles. The number of benzene rings is 1. The third-order valence-electron chi connectivity index (χ3n) is 4.32. The lowest BCUT2D eigenvalue weighted by Crippen LogP contribution is -2.37. The van der Waals surface area contributed by atoms with Gasteiger partial charge in [0, 0.05) is 6.42 Å². The average molecular weight is 232 g/mol. The van der Waals surface area contributed by atoms with Gasteiger partial charge >= 0.3 is 0 Å². The number of hydrogen-bond acceptors (Lipinski definition) is 1. The SMILES string of the molecule is CCC(CC)CC1(O)CCc2ccccc2C1. The lowest BCUT2D eigenvalue weighted by atomic mass is 9.75. The first-order valence-corrected chi connectivity index (χ1v) is 6.96. The summed E-state index contributed by atoms with van der Waals surface area (Å²) in [5.41, 5.74) is 2.33. The van der Waals surface area contributed by atoms with Crippen molar-refractivity contribution in [2.24, 2.45) is 5.92 Å². The predicted molar refractivity (Wildman–Crippen MR) is 72.1 cm³/mol. The predicted octanol–water partition coefficient (Wildman–Crippen LogP) is 3.73. The van der Waals surface area contributed by atoms with Crippen LogP contribution in [0.15, 0.2) is 24.3 Å². The Bertz CT molecular complexity index is 368. The van der Waals surface area contributed by atoms with Gasteiger partial charge in [0.15, 0.2) is 0 Å². The van der Waals surface area contributed by atoms with Gasteiger partial charge in [-0.2, -0.15) is 0 Å². The zero-order valence-electron chi connectivity index (χ0n) is 11.1. The van der Waals surface area contributed by atoms with Crippen molar-refractivity contribution in [3.05, 3.63) is 35.4 Å². The molecule has 1 nitrogen and oxygen atoms in total. The molecule has 0 fully saturated rings. The number of aliphatic hydroxyl groups is 1. The van der Waals surface area contributed by atoms with E-state index in [9.17, 15) is 5.11 Å². The summed E-state index contributed by atoms with van der Waals surface area (Å²) in [6.07, 6.45) is 6.14. The molecule has 1 atom stereocenters. The molecule has 0 spiro atoms. The van der Waals surface area contributed by atoms with Gasteiger partial charge in [-0.05, 0) is 36.3 Å². The fourth-order valence-electron chi connectivity index (χ4n) is 3.07. The third kappa shape index (κ3) is 2.90. The van der Waals surface area contributed by atoms with Gasteiger partial charge in [0.2, 0.25) is 0 Å². The molecule has 1 aliphatic rings. The molecular formula is C16H24O. The van der Waals surface area contributed by atoms with Crippen molar-refractivity contribution < 1.29 is 5.11 Å². The molecule has 2 rings (SSSR count). The Morgan fingerprint density at radius 3 is 2.47 bits per heavy atom. The van der Waals surface area contributed by atoms with E-state index in [1.54, 1.807) is 0 Å². The highest BCUT2D eigenvalue weighted by Crippen LogP contribution is 2.34. The van der Waals surface area contributed by atoms with Crippen LogP contribution in [0, 0.1) is 5.92 Å². The van der Waals surface area contributed by atoms with Crippen LogP contribution in [-0.4, -0.2) is 10.7 Å². The van der Waals surface area contributed by atoms with Crippen LogP contribution in [0.5, 0.6) is 0 Å². The van der Waals surface area contributed by atoms with E-state index in [2.05, 4.69) is 38.1 Å². The Balaban J connectivity index is 2.09. The minimum Gasteiger partial charge on any atom is -0.390 e. The first-order chi connectivity index (χ1) is 8.17. The van der Waals surface area contributed by atoms with Gasteiger partial charge < -0.3 is 5.11 Å². The first-order valence-electron chi connectivity index (χ1n) is 6.96. The summed E-state index contributed by atoms with van der Waals surface area (Å²) in [4.78, 5) is 0. The van der Waals surface area contributed by atoms with Crippen molar-refractivity contribution in [1.29, 1.82) is 0 Å². The fourth-order valence-corrected chi connectivity index (χ4v) is 3.07. The van der Waals surface area contributed by atoms with Gasteiger partial charge in [0.25, 0.3) is 0 Å². The van der Waals surface area contributed by atoms with E-state index in [1.165, 1.54) is 24.0 Å². The number of rotatable bonds is 4. The Labute approximate surface area is 105 Å². The molecule has 1 aliphatic carbocycles. The number of hydrogen-bond donors (Lipinski definition) is 1. The normalized spacial score (nSPS) is 23.8. The van der Waals surface area contributed by atoms with Crippen molar-refractivity contribution in [2.75, 3.05) is 0 Å². The highest BCUT2D eigenvalue weighted by Gasteiger charge is 2.33. The molecule has 94 valence electrons. The molecule has 0 radical (unpaired) electrons. The maximum atomic E-state index is 10.8. The Morgan fingerprint density at radius 1 is 1.18 bits per heavy atom. The van der Waals surface area contributed by atoms with E-state index in [0.717, 1.165) is 25.7 Å². The van der Waals surface area contributed by atoms with Crippen LogP contribution in [0.3, 0.4) is 0 Å². The van der Waals surface area contributed by atoms with Crippen LogP contribution in [0.2, 0.25) is 0 Å². The standard InChI is InChI=1S/C16H24O/c1-3-13(4-2)11-16(17)10-9-14-7-5-6-8-15(14)12-16/h5-8,13,17H,3-4,9-12H2,1-2H3. The molecule has 1 heteroatoms. The van der Waals surface area contributed by atoms with Crippen molar-refractivity contribution in [2.45, 2.75) is 58.0 Å². The van der Waals surface area contributed by atoms with E-state index in [-0.39, 0.29) is 0 Å². The summed E-state index contributed by atoms with van der Waals surface area (Å²) >= 11 is 0. The fraction of sp³-hybridized carbons (Fsp3) is 0.625. The molecule has 0 bridgehead atoms. The monoisotopic (exact) mass is 232 g/mol. The largest absolute Gasteiger partial charge is 0.390 e. The maximum absolute atomic E-state index is 10.8. The van der Waals surface area contributed by atoms with E-state index in [0.29, 0.717) is 5.92 Å². The summed E-state index contributed by atoms with van der Waals surface area (Å²) in [5.74, 6) is 0.672. The van der Waals surface area contributed by atoms with Crippen LogP contribution < -0.4 is 0 Å². The second-order valence-electron chi connectivity index (χ2n) is 5.56. The molecule has 0 aromatic heterocycles. The smallest absolute Gasteiger partial charge is 0.0693 e. The van der Waals surface area contributed by atoms with Crippen molar-refractivity contribution in [3.63, 3.8) is 0 Å². The van der Waals surface area contributed by atoms with Crippen LogP contribution in [0.1, 0.15) is 50.7 Å². The summed E-state index contributed by atoms with van der Waals surface area (Å²) < 4.78 is 0. The van der Waals surface area contributed by atoms with Gasteiger partial charge in [-0.3, -0.25) is 0 Å². The van der Waals surface area contributed by atoms with Crippen LogP contribution in [0.25, 0.3) is 0 Å². The maximum Gasteiger partial charge on any atom is 0.0693 e. The summed E-state index contributed by atoms with van der Waals surface area (Å²) in [7, 11) is 0. The second-order valence-corrected chi connectivity index (χ2v) is 5.56. The zero-order valence-corrected chi connectivity index (χ0v) is 11.1. The summed E-state index contributed by atoms with van der Waals surface area (Å²) in [5, 5.41) is 10.8. The first kappa shape index (κ1) is 12.6. The molecule has 1 N–H and O–H groups in total. The van der Waals surface area contributed by atoms with Crippen LogP contribution in [-0.2, 0) is 12.8 Å². The number of aryl methyl sites for hydroxylation is 1. The minimum atomic E-state index is -0.453. The average Bonchev–Trinajstić information content (AvgIpc) is 2.36. The van der Waals surface area contributed by atoms with Gasteiger partial charge in [0.1, 0.15) is 0 Å². The lowest BCUT2D eigenvalue weighted by molar-refractivity contribution is 0.00147. The molecular weight excluding hydrogens is 208 g/mol. The highest BCUT2D eigenvalue weighted by atomic mass is 16.3. The van der Waals surface area contributed by atoms with E-state index in [1.807, 2.05) is 0 Å². The molecule has 0 saturated carbocycles. The molecule has 17 heavy (non-hydrogen) atoms. The Kier molecular flexibility index (Phi) is 3.88. The molecule has 1 unspecified atom stereocenters. The summed E-state index contributed by atoms with van der Waals surface area (Å²) in [6, 6.07) is 8.56. The van der Waals surface area contributed by atoms with E-state index >= 15 is 0 Å². The molecule has 0 aliphatic heterocycles. The van der Waals surface area contributed by atoms with E-state index < -0.39 is 5.60 Å². The Hall–Kier alpha value is -0.820. The van der Waals surface area contributed by atoms with Crippen molar-refractivity contribution in [3.8, 4) is 0 Å². The molecule has 0 amide bonds. The van der Waals surface area contributed by atoms with Gasteiger partial charge in [-0.1, -0.05) is 51.0 Å². The zero-order chi connectivity index (χ0) is 12.3. The van der Waals surface area contributed by atoms with Crippen molar-refractivity contribution in [1.82, 2.24) is 0 Å². The van der Waals surface area contributed by atoms with Gasteiger partial charge in [-0.25, -0.2) is 0 Å². The summed E-state index contributed by atoms with van der Waals surface area (Å²) in [6.45, 7) is 4.46. The van der Waals surface area contributed by atoms with Gasteiger partial charge in [-0.15, -0.1) is 0 Å². The van der Waals surface area contributed by atoms with Crippen molar-refractivity contribution >= 4 is 0 Å². The molecule has 0 saturated heterocycles. The Morgan fingerprint density at radius 2 is 1.82 bits per heavy atom. The topological polar surface area (TPSA) is 20.2 Å². The van der Waals surface area contributed by atoms with Crippen LogP contribution >= 0.6 is 0 Å². The quantitative estimate of drug-likeness (QED) is 0.838. The highest BCUT2D eigenvalue weighted by molar-refractivity contribution is 5.31. The van der Waals surface area contributed by atoms with E-state index in [4.69, 9.17) is 0 Å². The lowest BCUT2D eigenvalue weighted by Gasteiger charge is -2.36. The number of fused-ring (bicyclic) bond motifs is 1. The molecule has 1 aromatic rings. The second kappa shape index (κ2) is 5.22. The van der Waals surface area contributed by atoms with Gasteiger partial charge in [0.05, 0.1) is 5.60 Å². The molecule has 0 heterocycles. The van der Waals surface area contributed by atoms with Crippen LogP contribution in [0.4, 0.5) is 0 Å². The third-order valence-corrected chi connectivity index (χ3v) is 4.32.